The number of β-amino-alcohol motifs (C(OH)–C–C–N with tert-alkyl or cyclic N) is 1. The van der Waals surface area contributed by atoms with Gasteiger partial charge in [-0.15, -0.1) is 0 Å². The minimum absolute atomic E-state index is 0.000685. The molecular weight excluding hydrogens is 308 g/mol. The van der Waals surface area contributed by atoms with Crippen molar-refractivity contribution in [1.29, 1.82) is 0 Å². The Labute approximate surface area is 139 Å². The Morgan fingerprint density at radius 2 is 2.04 bits per heavy atom. The zero-order valence-corrected chi connectivity index (χ0v) is 13.1. The van der Waals surface area contributed by atoms with E-state index in [2.05, 4.69) is 15.3 Å². The van der Waals surface area contributed by atoms with Crippen LogP contribution in [0.1, 0.15) is 6.42 Å². The number of aliphatic hydroxyl groups excluding tert-OH is 1. The lowest BCUT2D eigenvalue weighted by Crippen LogP contribution is -2.68. The van der Waals surface area contributed by atoms with Gasteiger partial charge in [-0.25, -0.2) is 4.98 Å². The van der Waals surface area contributed by atoms with Gasteiger partial charge in [-0.2, -0.15) is 4.98 Å². The number of hydrogen-bond donors (Lipinski definition) is 2. The fraction of sp³-hybridized carbons (Fsp3) is 0.353. The number of amides is 1. The molecule has 0 bridgehead atoms. The Morgan fingerprint density at radius 3 is 2.83 bits per heavy atom. The van der Waals surface area contributed by atoms with E-state index in [0.717, 1.165) is 0 Å². The molecule has 2 N–H and O–H groups in total. The molecule has 1 aromatic heterocycles. The summed E-state index contributed by atoms with van der Waals surface area (Å²) in [6, 6.07) is 11.1. The molecule has 124 valence electrons. The molecule has 2 aliphatic rings. The minimum Gasteiger partial charge on any atom is -0.439 e. The van der Waals surface area contributed by atoms with Crippen LogP contribution in [0.3, 0.4) is 0 Å². The molecular formula is C17H18N4O3. The molecule has 2 fully saturated rings. The number of ether oxygens (including phenoxy) is 1. The Bertz CT molecular complexity index is 747. The van der Waals surface area contributed by atoms with Crippen molar-refractivity contribution in [3.8, 4) is 11.6 Å². The highest BCUT2D eigenvalue weighted by Gasteiger charge is 2.53. The summed E-state index contributed by atoms with van der Waals surface area (Å²) < 4.78 is 5.72. The first kappa shape index (κ1) is 14.9. The van der Waals surface area contributed by atoms with Gasteiger partial charge in [-0.1, -0.05) is 18.2 Å². The van der Waals surface area contributed by atoms with Gasteiger partial charge in [0.25, 0.3) is 0 Å². The molecule has 2 saturated heterocycles. The molecule has 3 heterocycles. The van der Waals surface area contributed by atoms with Crippen LogP contribution in [-0.4, -0.2) is 46.7 Å². The van der Waals surface area contributed by atoms with Crippen LogP contribution >= 0.6 is 0 Å². The van der Waals surface area contributed by atoms with Crippen LogP contribution in [0.4, 0.5) is 5.95 Å². The van der Waals surface area contributed by atoms with E-state index in [1.807, 2.05) is 35.2 Å². The van der Waals surface area contributed by atoms with Gasteiger partial charge in [0, 0.05) is 31.9 Å². The number of aliphatic hydroxyl groups is 1. The van der Waals surface area contributed by atoms with Crippen molar-refractivity contribution in [2.75, 3.05) is 24.5 Å². The molecule has 4 rings (SSSR count). The summed E-state index contributed by atoms with van der Waals surface area (Å²) in [6.07, 6.45) is 1.63. The largest absolute Gasteiger partial charge is 0.439 e. The first-order valence-electron chi connectivity index (χ1n) is 7.92. The lowest BCUT2D eigenvalue weighted by molar-refractivity contribution is -0.139. The molecule has 1 atom stereocenters. The average molecular weight is 326 g/mol. The van der Waals surface area contributed by atoms with Crippen molar-refractivity contribution in [3.05, 3.63) is 42.6 Å². The normalized spacial score (nSPS) is 22.0. The summed E-state index contributed by atoms with van der Waals surface area (Å²) >= 11 is 0. The van der Waals surface area contributed by atoms with E-state index in [-0.39, 0.29) is 5.91 Å². The number of rotatable bonds is 3. The van der Waals surface area contributed by atoms with Gasteiger partial charge in [-0.05, 0) is 18.6 Å². The van der Waals surface area contributed by atoms with E-state index in [9.17, 15) is 9.90 Å². The van der Waals surface area contributed by atoms with Gasteiger partial charge in [0.05, 0.1) is 11.5 Å². The number of nitrogens with one attached hydrogen (secondary N) is 1. The molecule has 1 unspecified atom stereocenters. The third-order valence-corrected chi connectivity index (χ3v) is 4.46. The molecule has 2 aliphatic heterocycles. The number of aromatic nitrogens is 2. The summed E-state index contributed by atoms with van der Waals surface area (Å²) in [4.78, 5) is 22.7. The van der Waals surface area contributed by atoms with Gasteiger partial charge in [0.15, 0.2) is 0 Å². The number of piperidine rings is 1. The highest BCUT2D eigenvalue weighted by molar-refractivity contribution is 5.86. The van der Waals surface area contributed by atoms with Crippen LogP contribution in [0.2, 0.25) is 0 Å². The maximum atomic E-state index is 12.1. The SMILES string of the molecule is O=C1NCC(O)CC12CN(c1nccc(Oc3ccccc3)n1)C2. The predicted molar refractivity (Wildman–Crippen MR) is 86.8 cm³/mol. The smallest absolute Gasteiger partial charge is 0.230 e. The fourth-order valence-electron chi connectivity index (χ4n) is 3.26. The molecule has 0 aliphatic carbocycles. The van der Waals surface area contributed by atoms with Crippen LogP contribution < -0.4 is 15.0 Å². The molecule has 1 spiro atoms. The molecule has 24 heavy (non-hydrogen) atoms. The minimum atomic E-state index is -0.530. The highest BCUT2D eigenvalue weighted by Crippen LogP contribution is 2.39. The standard InChI is InChI=1S/C17H18N4O3/c22-12-8-17(15(23)19-9-12)10-21(11-17)16-18-7-6-14(20-16)24-13-4-2-1-3-5-13/h1-7,12,22H,8-11H2,(H,19,23). The van der Waals surface area contributed by atoms with Crippen molar-refractivity contribution in [2.24, 2.45) is 5.41 Å². The lowest BCUT2D eigenvalue weighted by Gasteiger charge is -2.51. The highest BCUT2D eigenvalue weighted by atomic mass is 16.5. The van der Waals surface area contributed by atoms with E-state index >= 15 is 0 Å². The average Bonchev–Trinajstić information content (AvgIpc) is 2.56. The van der Waals surface area contributed by atoms with E-state index in [1.165, 1.54) is 0 Å². The Hall–Kier alpha value is -2.67. The third-order valence-electron chi connectivity index (χ3n) is 4.46. The topological polar surface area (TPSA) is 87.6 Å². The number of nitrogens with zero attached hydrogens (tertiary/aromatic N) is 3. The van der Waals surface area contributed by atoms with E-state index in [1.54, 1.807) is 12.3 Å². The fourth-order valence-corrected chi connectivity index (χ4v) is 3.26. The van der Waals surface area contributed by atoms with E-state index in [4.69, 9.17) is 4.74 Å². The summed E-state index contributed by atoms with van der Waals surface area (Å²) in [7, 11) is 0. The lowest BCUT2D eigenvalue weighted by atomic mass is 9.72. The van der Waals surface area contributed by atoms with Crippen molar-refractivity contribution in [1.82, 2.24) is 15.3 Å². The van der Waals surface area contributed by atoms with Crippen LogP contribution in [-0.2, 0) is 4.79 Å². The molecule has 0 saturated carbocycles. The van der Waals surface area contributed by atoms with Crippen molar-refractivity contribution >= 4 is 11.9 Å². The third kappa shape index (κ3) is 2.67. The number of hydrogen-bond acceptors (Lipinski definition) is 6. The second-order valence-electron chi connectivity index (χ2n) is 6.31. The van der Waals surface area contributed by atoms with Crippen LogP contribution in [0.15, 0.2) is 42.6 Å². The number of para-hydroxylation sites is 1. The summed E-state index contributed by atoms with van der Waals surface area (Å²) in [5.74, 6) is 1.69. The molecule has 1 amide bonds. The summed E-state index contributed by atoms with van der Waals surface area (Å²) in [5.41, 5.74) is -0.530. The number of benzene rings is 1. The van der Waals surface area contributed by atoms with E-state index < -0.39 is 11.5 Å². The molecule has 1 aromatic carbocycles. The number of carbonyl (C=O) groups is 1. The Balaban J connectivity index is 1.46. The van der Waals surface area contributed by atoms with Crippen LogP contribution in [0, 0.1) is 5.41 Å². The second-order valence-corrected chi connectivity index (χ2v) is 6.31. The van der Waals surface area contributed by atoms with E-state index in [0.29, 0.717) is 43.6 Å². The van der Waals surface area contributed by atoms with Crippen molar-refractivity contribution in [2.45, 2.75) is 12.5 Å². The summed E-state index contributed by atoms with van der Waals surface area (Å²) in [6.45, 7) is 1.34. The van der Waals surface area contributed by atoms with Gasteiger partial charge < -0.3 is 20.1 Å². The Morgan fingerprint density at radius 1 is 1.25 bits per heavy atom. The molecule has 2 aromatic rings. The molecule has 0 radical (unpaired) electrons. The maximum Gasteiger partial charge on any atom is 0.230 e. The first-order chi connectivity index (χ1) is 11.6. The monoisotopic (exact) mass is 326 g/mol. The second kappa shape index (κ2) is 5.76. The van der Waals surface area contributed by atoms with Gasteiger partial charge in [0.1, 0.15) is 5.75 Å². The van der Waals surface area contributed by atoms with Gasteiger partial charge >= 0.3 is 0 Å². The number of anilines is 1. The quantitative estimate of drug-likeness (QED) is 0.873. The van der Waals surface area contributed by atoms with Crippen molar-refractivity contribution in [3.63, 3.8) is 0 Å². The van der Waals surface area contributed by atoms with Crippen LogP contribution in [0.25, 0.3) is 0 Å². The zero-order valence-electron chi connectivity index (χ0n) is 13.1. The first-order valence-corrected chi connectivity index (χ1v) is 7.92. The van der Waals surface area contributed by atoms with Crippen molar-refractivity contribution < 1.29 is 14.6 Å². The molecule has 7 nitrogen and oxygen atoms in total. The predicted octanol–water partition coefficient (Wildman–Crippen LogP) is 0.956. The Kier molecular flexibility index (Phi) is 3.57. The van der Waals surface area contributed by atoms with Gasteiger partial charge in [-0.3, -0.25) is 4.79 Å². The number of carbonyl (C=O) groups excluding carboxylic acids is 1. The van der Waals surface area contributed by atoms with Crippen LogP contribution in [0.5, 0.6) is 11.6 Å². The maximum absolute atomic E-state index is 12.1. The van der Waals surface area contributed by atoms with Gasteiger partial charge in [0.2, 0.25) is 17.7 Å². The zero-order chi connectivity index (χ0) is 16.6. The summed E-state index contributed by atoms with van der Waals surface area (Å²) in [5, 5.41) is 12.6. The molecule has 7 heteroatoms.